The molecule has 0 spiro atoms. The monoisotopic (exact) mass is 660 g/mol. The van der Waals surface area contributed by atoms with Crippen molar-refractivity contribution in [3.8, 4) is 11.8 Å². The summed E-state index contributed by atoms with van der Waals surface area (Å²) in [6, 6.07) is 30.3. The van der Waals surface area contributed by atoms with Crippen molar-refractivity contribution in [1.29, 1.82) is 5.26 Å². The van der Waals surface area contributed by atoms with Crippen LogP contribution in [-0.2, 0) is 29.1 Å². The summed E-state index contributed by atoms with van der Waals surface area (Å²) in [5.74, 6) is 0.512. The smallest absolute Gasteiger partial charge is 0.333 e. The van der Waals surface area contributed by atoms with Crippen LogP contribution in [0, 0.1) is 11.3 Å². The molecular weight excluding hydrogens is 616 g/mol. The van der Waals surface area contributed by atoms with Gasteiger partial charge < -0.3 is 20.3 Å². The fourth-order valence-electron chi connectivity index (χ4n) is 6.08. The Bertz CT molecular complexity index is 1780. The Morgan fingerprint density at radius 2 is 1.71 bits per heavy atom. The van der Waals surface area contributed by atoms with Crippen molar-refractivity contribution < 1.29 is 19.1 Å². The molecule has 1 unspecified atom stereocenters. The van der Waals surface area contributed by atoms with E-state index in [9.17, 15) is 19.6 Å². The van der Waals surface area contributed by atoms with E-state index in [-0.39, 0.29) is 38.6 Å². The molecule has 0 radical (unpaired) electrons. The second-order valence-corrected chi connectivity index (χ2v) is 12.4. The van der Waals surface area contributed by atoms with Gasteiger partial charge in [-0.3, -0.25) is 9.59 Å². The Kier molecular flexibility index (Phi) is 11.8. The molecule has 1 fully saturated rings. The summed E-state index contributed by atoms with van der Waals surface area (Å²) in [7, 11) is 1.59. The summed E-state index contributed by atoms with van der Waals surface area (Å²) in [5, 5.41) is 20.4. The molecule has 10 nitrogen and oxygen atoms in total. The van der Waals surface area contributed by atoms with E-state index in [1.807, 2.05) is 66.7 Å². The lowest BCUT2D eigenvalue weighted by Crippen LogP contribution is -2.55. The summed E-state index contributed by atoms with van der Waals surface area (Å²) in [4.78, 5) is 43.1. The number of carbonyl (C=O) groups excluding carboxylic acids is 3. The second kappa shape index (κ2) is 16.6. The van der Waals surface area contributed by atoms with Crippen molar-refractivity contribution in [2.45, 2.75) is 51.7 Å². The van der Waals surface area contributed by atoms with Gasteiger partial charge in [0.15, 0.2) is 0 Å². The topological polar surface area (TPSA) is 118 Å². The highest BCUT2D eigenvalue weighted by atomic mass is 16.5. The number of hydrazine groups is 1. The van der Waals surface area contributed by atoms with Crippen molar-refractivity contribution in [2.75, 3.05) is 33.3 Å². The van der Waals surface area contributed by atoms with Crippen LogP contribution in [0.1, 0.15) is 48.4 Å². The number of ether oxygens (including phenoxy) is 1. The maximum absolute atomic E-state index is 14.3. The van der Waals surface area contributed by atoms with Gasteiger partial charge in [0.25, 0.3) is 0 Å². The molecule has 1 saturated heterocycles. The Labute approximate surface area is 288 Å². The third-order valence-corrected chi connectivity index (χ3v) is 9.14. The predicted molar refractivity (Wildman–Crippen MR) is 189 cm³/mol. The SMILES string of the molecule is CCC(C)c1ccc(C[C@@H]2NC(=O)CN(N(CC#N)C(=O)NCc3ccc(OC)cc3)CCN(Cc3cccc4ccccc34)C2=O)cc1. The van der Waals surface area contributed by atoms with Gasteiger partial charge >= 0.3 is 6.03 Å². The molecule has 4 aromatic rings. The number of fused-ring (bicyclic) bond motifs is 1. The van der Waals surface area contributed by atoms with Crippen LogP contribution in [-0.4, -0.2) is 72.1 Å². The molecule has 1 aliphatic rings. The molecule has 1 heterocycles. The molecule has 254 valence electrons. The molecular formula is C39H44N6O4. The number of carbonyl (C=O) groups is 3. The maximum Gasteiger partial charge on any atom is 0.333 e. The first kappa shape index (κ1) is 34.9. The molecule has 0 aromatic heterocycles. The van der Waals surface area contributed by atoms with Crippen molar-refractivity contribution in [2.24, 2.45) is 0 Å². The molecule has 5 rings (SSSR count). The van der Waals surface area contributed by atoms with Gasteiger partial charge in [-0.2, -0.15) is 5.26 Å². The fourth-order valence-corrected chi connectivity index (χ4v) is 6.08. The highest BCUT2D eigenvalue weighted by molar-refractivity contribution is 5.90. The molecule has 0 aliphatic carbocycles. The van der Waals surface area contributed by atoms with Crippen LogP contribution in [0.2, 0.25) is 0 Å². The van der Waals surface area contributed by atoms with Crippen LogP contribution < -0.4 is 15.4 Å². The van der Waals surface area contributed by atoms with Crippen molar-refractivity contribution in [3.63, 3.8) is 0 Å². The minimum absolute atomic E-state index is 0.165. The average molecular weight is 661 g/mol. The summed E-state index contributed by atoms with van der Waals surface area (Å²) in [6.45, 7) is 4.79. The summed E-state index contributed by atoms with van der Waals surface area (Å²) in [6.07, 6.45) is 1.35. The molecule has 0 bridgehead atoms. The van der Waals surface area contributed by atoms with E-state index in [1.165, 1.54) is 10.6 Å². The van der Waals surface area contributed by atoms with Gasteiger partial charge in [0.2, 0.25) is 11.8 Å². The molecule has 1 aliphatic heterocycles. The van der Waals surface area contributed by atoms with E-state index in [0.717, 1.165) is 33.9 Å². The number of rotatable bonds is 11. The van der Waals surface area contributed by atoms with E-state index >= 15 is 0 Å². The van der Waals surface area contributed by atoms with Crippen molar-refractivity contribution in [3.05, 3.63) is 113 Å². The zero-order valence-corrected chi connectivity index (χ0v) is 28.4. The van der Waals surface area contributed by atoms with Crippen LogP contribution in [0.25, 0.3) is 10.8 Å². The quantitative estimate of drug-likeness (QED) is 0.209. The zero-order valence-electron chi connectivity index (χ0n) is 28.4. The average Bonchev–Trinajstić information content (AvgIpc) is 3.18. The summed E-state index contributed by atoms with van der Waals surface area (Å²) in [5.41, 5.74) is 3.99. The first-order chi connectivity index (χ1) is 23.8. The molecule has 2 atom stereocenters. The Balaban J connectivity index is 1.41. The lowest BCUT2D eigenvalue weighted by atomic mass is 9.96. The zero-order chi connectivity index (χ0) is 34.8. The first-order valence-electron chi connectivity index (χ1n) is 16.7. The number of hydrogen-bond acceptors (Lipinski definition) is 6. The molecule has 4 amide bonds. The minimum Gasteiger partial charge on any atom is -0.497 e. The molecule has 2 N–H and O–H groups in total. The van der Waals surface area contributed by atoms with E-state index in [2.05, 4.69) is 42.7 Å². The van der Waals surface area contributed by atoms with Gasteiger partial charge in [0.1, 0.15) is 18.3 Å². The van der Waals surface area contributed by atoms with Crippen molar-refractivity contribution >= 4 is 28.6 Å². The standard InChI is InChI=1S/C39H44N6O4/c1-4-28(2)31-16-12-29(13-17-31)24-36-38(47)43(26-33-10-7-9-32-8-5-6-11-35(32)33)22-23-44(27-37(46)42-36)45(21-20-40)39(48)41-25-30-14-18-34(49-3)19-15-30/h5-19,28,36H,4,21-27H2,1-3H3,(H,41,48)(H,42,46)/t28?,36-/m0/s1. The van der Waals surface area contributed by atoms with Gasteiger partial charge in [0, 0.05) is 32.6 Å². The number of hydrogen-bond donors (Lipinski definition) is 2. The number of nitriles is 1. The van der Waals surface area contributed by atoms with E-state index < -0.39 is 18.0 Å². The number of urea groups is 1. The van der Waals surface area contributed by atoms with Gasteiger partial charge in [-0.15, -0.1) is 0 Å². The molecule has 4 aromatic carbocycles. The normalized spacial score (nSPS) is 16.1. The van der Waals surface area contributed by atoms with Gasteiger partial charge in [-0.1, -0.05) is 92.7 Å². The largest absolute Gasteiger partial charge is 0.497 e. The van der Waals surface area contributed by atoms with E-state index in [0.29, 0.717) is 24.6 Å². The first-order valence-corrected chi connectivity index (χ1v) is 16.7. The van der Waals surface area contributed by atoms with Crippen molar-refractivity contribution in [1.82, 2.24) is 25.6 Å². The summed E-state index contributed by atoms with van der Waals surface area (Å²) >= 11 is 0. The van der Waals surface area contributed by atoms with E-state index in [1.54, 1.807) is 29.2 Å². The van der Waals surface area contributed by atoms with Crippen LogP contribution in [0.4, 0.5) is 4.79 Å². The third-order valence-electron chi connectivity index (χ3n) is 9.14. The predicted octanol–water partition coefficient (Wildman–Crippen LogP) is 5.38. The number of nitrogens with zero attached hydrogens (tertiary/aromatic N) is 4. The van der Waals surface area contributed by atoms with Crippen LogP contribution in [0.3, 0.4) is 0 Å². The Morgan fingerprint density at radius 1 is 1.00 bits per heavy atom. The highest BCUT2D eigenvalue weighted by Crippen LogP contribution is 2.23. The third kappa shape index (κ3) is 8.95. The Morgan fingerprint density at radius 3 is 2.43 bits per heavy atom. The molecule has 10 heteroatoms. The molecule has 0 saturated carbocycles. The van der Waals surface area contributed by atoms with Crippen LogP contribution in [0.5, 0.6) is 5.75 Å². The fraction of sp³-hybridized carbons (Fsp3) is 0.333. The van der Waals surface area contributed by atoms with Gasteiger partial charge in [0.05, 0.1) is 19.7 Å². The Hall–Kier alpha value is -5.40. The van der Waals surface area contributed by atoms with E-state index in [4.69, 9.17) is 4.74 Å². The minimum atomic E-state index is -0.815. The maximum atomic E-state index is 14.3. The number of methoxy groups -OCH3 is 1. The number of benzene rings is 4. The van der Waals surface area contributed by atoms with Gasteiger partial charge in [-0.25, -0.2) is 14.8 Å². The highest BCUT2D eigenvalue weighted by Gasteiger charge is 2.32. The van der Waals surface area contributed by atoms with Crippen LogP contribution >= 0.6 is 0 Å². The van der Waals surface area contributed by atoms with Gasteiger partial charge in [-0.05, 0) is 57.5 Å². The lowest BCUT2D eigenvalue weighted by Gasteiger charge is -2.33. The lowest BCUT2D eigenvalue weighted by molar-refractivity contribution is -0.136. The number of amides is 4. The van der Waals surface area contributed by atoms with Crippen LogP contribution in [0.15, 0.2) is 91.0 Å². The second-order valence-electron chi connectivity index (χ2n) is 12.4. The number of nitrogens with one attached hydrogen (secondary N) is 2. The molecule has 49 heavy (non-hydrogen) atoms. The summed E-state index contributed by atoms with van der Waals surface area (Å²) < 4.78 is 5.22.